The van der Waals surface area contributed by atoms with Gasteiger partial charge in [0.2, 0.25) is 8.42 Å². The highest BCUT2D eigenvalue weighted by atomic mass is 32.2. The molecule has 0 unspecified atom stereocenters. The highest BCUT2D eigenvalue weighted by Gasteiger charge is 2.56. The van der Waals surface area contributed by atoms with Gasteiger partial charge >= 0.3 is 0 Å². The van der Waals surface area contributed by atoms with Gasteiger partial charge in [-0.2, -0.15) is 0 Å². The van der Waals surface area contributed by atoms with Crippen molar-refractivity contribution in [1.82, 2.24) is 0 Å². The molecule has 0 aliphatic rings. The summed E-state index contributed by atoms with van der Waals surface area (Å²) in [6.45, 7) is 11.8. The van der Waals surface area contributed by atoms with Crippen LogP contribution < -0.4 is 62.6 Å². The topological polar surface area (TPSA) is 36.9 Å². The van der Waals surface area contributed by atoms with Gasteiger partial charge in [0.05, 0.1) is 34.8 Å². The maximum absolute atomic E-state index is 15.4. The molecule has 0 aliphatic carbocycles. The minimum atomic E-state index is -7.22. The van der Waals surface area contributed by atoms with E-state index in [0.717, 1.165) is 101 Å². The van der Waals surface area contributed by atoms with E-state index in [1.54, 1.807) is 0 Å². The van der Waals surface area contributed by atoms with Gasteiger partial charge in [-0.15, -0.1) is 43.7 Å². The summed E-state index contributed by atoms with van der Waals surface area (Å²) in [7, 11) is -0.534. The van der Waals surface area contributed by atoms with Crippen molar-refractivity contribution in [3.8, 4) is 23.0 Å². The first-order chi connectivity index (χ1) is 69.5. The van der Waals surface area contributed by atoms with E-state index in [0.29, 0.717) is 0 Å². The Balaban J connectivity index is 0.000000198. The van der Waals surface area contributed by atoms with E-state index in [9.17, 15) is 105 Å². The molecule has 14 rings (SSSR count). The first-order valence-corrected chi connectivity index (χ1v) is 47.1. The first-order valence-electron chi connectivity index (χ1n) is 42.2. The van der Waals surface area contributed by atoms with Crippen LogP contribution >= 0.6 is 34.4 Å². The van der Waals surface area contributed by atoms with Crippen LogP contribution in [0.25, 0.3) is 0 Å². The molecule has 0 atom stereocenters. The molecule has 2 aromatic heterocycles. The smallest absolute Gasteiger partial charge is 0.221 e. The van der Waals surface area contributed by atoms with Crippen LogP contribution in [0, 0.1) is 233 Å². The second kappa shape index (κ2) is 46.6. The van der Waals surface area contributed by atoms with Crippen molar-refractivity contribution in [3.63, 3.8) is 0 Å². The molecule has 0 amide bonds. The van der Waals surface area contributed by atoms with Gasteiger partial charge in [-0.05, 0) is 135 Å². The average Bonchev–Trinajstić information content (AvgIpc) is 1.02. The molecular weight excluding hydrogens is 2160 g/mol. The van der Waals surface area contributed by atoms with Gasteiger partial charge in [0.15, 0.2) is 159 Å². The van der Waals surface area contributed by atoms with Gasteiger partial charge in [-0.3, -0.25) is 0 Å². The van der Waals surface area contributed by atoms with Crippen molar-refractivity contribution in [2.24, 2.45) is 0 Å². The fourth-order valence-electron chi connectivity index (χ4n) is 15.5. The van der Waals surface area contributed by atoms with Crippen LogP contribution in [-0.4, -0.2) is 38.7 Å². The Hall–Kier alpha value is -12.4. The molecule has 780 valence electrons. The Morgan fingerprint density at radius 1 is 0.184 bits per heavy atom. The molecule has 14 aromatic rings. The number of unbranched alkanes of at least 4 members (excludes halogenated alkanes) is 4. The largest absolute Gasteiger partial charge is 0.494 e. The van der Waals surface area contributed by atoms with E-state index in [4.69, 9.17) is 18.9 Å². The van der Waals surface area contributed by atoms with Gasteiger partial charge < -0.3 is 18.9 Å². The van der Waals surface area contributed by atoms with Crippen LogP contribution in [0.5, 0.6) is 23.0 Å². The monoisotopic (exact) mass is 2210 g/mol. The SMILES string of the molecule is CCCCOc1ccc([S+](c2ccc(OCCCC)cc2)c2ccc(Sc3ccc([S+](c4ccc(OCCCC)cc4)c4ccc(OCCCC)cc4)s3)s2)cc1.Fc1c(F)c(F)c([B-](c2c(F)c(F)c(F)c(F)c2F)(c2c(F)c(F)c(F)c(F)c2F)c2c(F)c(F)c(F)c(F)c2F)c(F)c1F.Fc1c(F)c(F)c([B-](c2c(F)c(F)c(F)c(F)c2F)(c2c(F)c(F)c(F)c(F)c2F)c2c(F)c(F)c(F)c(F)c2F)c(F)c1F. The summed E-state index contributed by atoms with van der Waals surface area (Å²) in [6.07, 6.45) is -5.70. The summed E-state index contributed by atoms with van der Waals surface area (Å²) in [6, 6.07) is 44.1. The fraction of sp³-hybridized carbons (Fsp3) is 0.167. The fourth-order valence-corrected chi connectivity index (χ4v) is 24.7. The van der Waals surface area contributed by atoms with Crippen LogP contribution in [0.4, 0.5) is 176 Å². The third-order valence-electron chi connectivity index (χ3n) is 22.4. The van der Waals surface area contributed by atoms with Gasteiger partial charge in [0, 0.05) is 12.1 Å². The van der Waals surface area contributed by atoms with Crippen LogP contribution in [0.15, 0.2) is 158 Å². The zero-order chi connectivity index (χ0) is 108. The third-order valence-corrected chi connectivity index (χ3v) is 31.0. The van der Waals surface area contributed by atoms with Crippen molar-refractivity contribution in [2.45, 2.75) is 115 Å². The van der Waals surface area contributed by atoms with Gasteiger partial charge in [0.25, 0.3) is 0 Å². The lowest BCUT2D eigenvalue weighted by atomic mass is 9.12. The van der Waals surface area contributed by atoms with Crippen LogP contribution in [0.1, 0.15) is 79.1 Å². The molecule has 0 N–H and O–H groups in total. The molecule has 4 nitrogen and oxygen atoms in total. The summed E-state index contributed by atoms with van der Waals surface area (Å²) in [5.41, 5.74) is -28.7. The highest BCUT2D eigenvalue weighted by Crippen LogP contribution is 2.47. The molecule has 0 aliphatic heterocycles. The van der Waals surface area contributed by atoms with Gasteiger partial charge in [-0.25, -0.2) is 176 Å². The second-order valence-electron chi connectivity index (χ2n) is 31.2. The molecule has 0 radical (unpaired) electrons. The third kappa shape index (κ3) is 20.8. The van der Waals surface area contributed by atoms with E-state index in [1.165, 1.54) is 36.4 Å². The van der Waals surface area contributed by atoms with Crippen molar-refractivity contribution < 1.29 is 195 Å². The van der Waals surface area contributed by atoms with Gasteiger partial charge in [0.1, 0.15) is 150 Å². The summed E-state index contributed by atoms with van der Waals surface area (Å²) < 4.78 is 617. The molecule has 2 heterocycles. The van der Waals surface area contributed by atoms with E-state index in [1.807, 2.05) is 34.4 Å². The number of rotatable bonds is 32. The zero-order valence-corrected chi connectivity index (χ0v) is 78.1. The lowest BCUT2D eigenvalue weighted by molar-refractivity contribution is 0.309. The highest BCUT2D eigenvalue weighted by molar-refractivity contribution is 8.04. The zero-order valence-electron chi connectivity index (χ0n) is 74.0. The number of benzene rings is 12. The summed E-state index contributed by atoms with van der Waals surface area (Å²) in [5, 5.41) is 0. The predicted octanol–water partition coefficient (Wildman–Crippen LogP) is 26.6. The van der Waals surface area contributed by atoms with Crippen LogP contribution in [0.2, 0.25) is 0 Å². The number of hydrogen-bond donors (Lipinski definition) is 0. The molecule has 12 aromatic carbocycles. The minimum absolute atomic E-state index is 0.267. The normalized spacial score (nSPS) is 11.7. The Morgan fingerprint density at radius 3 is 0.442 bits per heavy atom. The lowest BCUT2D eigenvalue weighted by Gasteiger charge is -2.44. The maximum atomic E-state index is 15.4. The Morgan fingerprint density at radius 2 is 0.313 bits per heavy atom. The second-order valence-corrected chi connectivity index (χ2v) is 39.4. The van der Waals surface area contributed by atoms with E-state index in [-0.39, 0.29) is 21.8 Å². The molecule has 0 fully saturated rings. The number of halogens is 40. The van der Waals surface area contributed by atoms with Crippen molar-refractivity contribution in [2.75, 3.05) is 26.4 Å². The van der Waals surface area contributed by atoms with Crippen LogP contribution in [-0.2, 0) is 21.8 Å². The Labute approximate surface area is 821 Å². The number of ether oxygens (including phenoxy) is 4. The Bertz CT molecular complexity index is 6030. The summed E-state index contributed by atoms with van der Waals surface area (Å²) in [4.78, 5) is 5.12. The minimum Gasteiger partial charge on any atom is -0.494 e. The van der Waals surface area contributed by atoms with Crippen molar-refractivity contribution >= 4 is 112 Å². The summed E-state index contributed by atoms with van der Waals surface area (Å²) in [5.74, 6) is -139. The predicted molar refractivity (Wildman–Crippen MR) is 463 cm³/mol. The summed E-state index contributed by atoms with van der Waals surface area (Å²) >= 11 is 5.65. The molecule has 0 saturated heterocycles. The van der Waals surface area contributed by atoms with Gasteiger partial charge in [-0.1, -0.05) is 87.8 Å². The quantitative estimate of drug-likeness (QED) is 0.0105. The molecule has 0 saturated carbocycles. The van der Waals surface area contributed by atoms with E-state index < -0.39 is 289 Å². The standard InChI is InChI=1S/C48H56O4S5.2C24BF20/c1-5-9-33-49-37-13-21-41(22-14-37)56(42-23-15-38(16-24-42)50-34-10-6-2)47-31-29-45(54-47)53-46-30-32-48(55-46)57(43-25-17-39(18-26-43)51-35-11-7-3)44-27-19-40(20-28-44)52-36-12-8-4;2*26-5-1(6(27)14(35)21(42)13(5)34)25(2-7(28)15(36)22(43)16(37)8(2)29,3-9(30)17(38)23(44)18(39)10(3)31)4-11(32)19(40)24(45)20(41)12(4)33/h13-32H,5-12,33-36H2,1-4H3;;/q+2;2*-1. The Kier molecular flexibility index (Phi) is 35.9. The lowest BCUT2D eigenvalue weighted by Crippen LogP contribution is -2.81. The van der Waals surface area contributed by atoms with Crippen molar-refractivity contribution in [3.05, 3.63) is 354 Å². The molecule has 51 heteroatoms. The average molecular weight is 2220 g/mol. The van der Waals surface area contributed by atoms with E-state index >= 15 is 70.2 Å². The molecule has 0 bridgehead atoms. The van der Waals surface area contributed by atoms with Crippen LogP contribution in [0.3, 0.4) is 0 Å². The molecule has 147 heavy (non-hydrogen) atoms. The number of hydrogen-bond acceptors (Lipinski definition) is 7. The maximum Gasteiger partial charge on any atom is 0.221 e. The van der Waals surface area contributed by atoms with Crippen molar-refractivity contribution in [1.29, 1.82) is 0 Å². The number of thiophene rings is 2. The first kappa shape index (κ1) is 113. The molecule has 0 spiro atoms. The van der Waals surface area contributed by atoms with E-state index in [2.05, 4.69) is 149 Å². The molecular formula is C96H56B2F40O4S5.